The molecule has 2 aromatic rings. The first-order chi connectivity index (χ1) is 12.7. The first-order valence-corrected chi connectivity index (χ1v) is 7.49. The highest BCUT2D eigenvalue weighted by Gasteiger charge is 2.20. The molecule has 0 unspecified atom stereocenters. The van der Waals surface area contributed by atoms with Gasteiger partial charge in [0.2, 0.25) is 0 Å². The topological polar surface area (TPSA) is 170 Å². The number of nitro benzene ring substituents is 2. The van der Waals surface area contributed by atoms with Crippen molar-refractivity contribution in [3.05, 3.63) is 67.6 Å². The molecule has 1 aromatic carbocycles. The SMILES string of the molecule is Cc1occc1C(=O)NNC(=S)NC(=O)c1cc([N+](=O)[O-])cc([N+](=O)[O-])c1. The van der Waals surface area contributed by atoms with Crippen molar-refractivity contribution < 1.29 is 23.9 Å². The summed E-state index contributed by atoms with van der Waals surface area (Å²) in [6, 6.07) is 3.87. The number of hydrogen-bond donors (Lipinski definition) is 3. The zero-order chi connectivity index (χ0) is 20.1. The maximum atomic E-state index is 12.1. The molecule has 0 saturated heterocycles. The van der Waals surface area contributed by atoms with Gasteiger partial charge >= 0.3 is 0 Å². The highest BCUT2D eigenvalue weighted by molar-refractivity contribution is 7.80. The summed E-state index contributed by atoms with van der Waals surface area (Å²) in [4.78, 5) is 44.0. The Hall–Kier alpha value is -3.87. The number of thiocarbonyl (C=S) groups is 1. The van der Waals surface area contributed by atoms with E-state index in [1.165, 1.54) is 12.3 Å². The first-order valence-electron chi connectivity index (χ1n) is 7.08. The van der Waals surface area contributed by atoms with E-state index in [9.17, 15) is 29.8 Å². The van der Waals surface area contributed by atoms with Gasteiger partial charge in [-0.2, -0.15) is 0 Å². The Labute approximate surface area is 155 Å². The number of non-ortho nitro benzene ring substituents is 2. The third kappa shape index (κ3) is 4.82. The predicted molar refractivity (Wildman–Crippen MR) is 93.9 cm³/mol. The van der Waals surface area contributed by atoms with Crippen LogP contribution in [0.4, 0.5) is 11.4 Å². The Morgan fingerprint density at radius 3 is 2.11 bits per heavy atom. The number of furan rings is 1. The number of hydrazine groups is 1. The average Bonchev–Trinajstić information content (AvgIpc) is 3.05. The normalized spacial score (nSPS) is 9.96. The molecule has 12 nitrogen and oxygen atoms in total. The van der Waals surface area contributed by atoms with Crippen LogP contribution < -0.4 is 16.2 Å². The minimum absolute atomic E-state index is 0.242. The average molecular weight is 393 g/mol. The number of carbonyl (C=O) groups is 2. The van der Waals surface area contributed by atoms with Crippen molar-refractivity contribution >= 4 is 40.5 Å². The zero-order valence-electron chi connectivity index (χ0n) is 13.5. The van der Waals surface area contributed by atoms with E-state index in [-0.39, 0.29) is 16.2 Å². The van der Waals surface area contributed by atoms with Crippen molar-refractivity contribution in [2.45, 2.75) is 6.92 Å². The van der Waals surface area contributed by atoms with Crippen LogP contribution in [0.15, 0.2) is 34.9 Å². The molecule has 0 aliphatic rings. The number of carbonyl (C=O) groups excluding carboxylic acids is 2. The minimum atomic E-state index is -0.937. The molecule has 3 N–H and O–H groups in total. The van der Waals surface area contributed by atoms with Crippen molar-refractivity contribution in [1.82, 2.24) is 16.2 Å². The number of rotatable bonds is 4. The molecule has 0 aliphatic heterocycles. The van der Waals surface area contributed by atoms with Crippen molar-refractivity contribution in [3.63, 3.8) is 0 Å². The van der Waals surface area contributed by atoms with Gasteiger partial charge in [-0.15, -0.1) is 0 Å². The van der Waals surface area contributed by atoms with E-state index >= 15 is 0 Å². The van der Waals surface area contributed by atoms with Gasteiger partial charge in [0, 0.05) is 12.1 Å². The molecule has 1 heterocycles. The Kier molecular flexibility index (Phi) is 5.77. The fourth-order valence-corrected chi connectivity index (χ4v) is 2.09. The second kappa shape index (κ2) is 8.01. The molecule has 13 heteroatoms. The molecule has 2 rings (SSSR count). The van der Waals surface area contributed by atoms with Crippen LogP contribution in [0.5, 0.6) is 0 Å². The predicted octanol–water partition coefficient (Wildman–Crippen LogP) is 1.35. The highest BCUT2D eigenvalue weighted by atomic mass is 32.1. The summed E-state index contributed by atoms with van der Waals surface area (Å²) in [5, 5.41) is 23.5. The summed E-state index contributed by atoms with van der Waals surface area (Å²) in [6.07, 6.45) is 1.32. The smallest absolute Gasteiger partial charge is 0.277 e. The largest absolute Gasteiger partial charge is 0.469 e. The molecule has 0 radical (unpaired) electrons. The maximum absolute atomic E-state index is 12.1. The minimum Gasteiger partial charge on any atom is -0.469 e. The van der Waals surface area contributed by atoms with Crippen LogP contribution in [0.1, 0.15) is 26.5 Å². The molecule has 0 fully saturated rings. The molecule has 0 spiro atoms. The number of nitro groups is 2. The van der Waals surface area contributed by atoms with Gasteiger partial charge in [-0.05, 0) is 25.2 Å². The third-order valence-corrected chi connectivity index (χ3v) is 3.41. The van der Waals surface area contributed by atoms with Crippen LogP contribution in [-0.4, -0.2) is 26.8 Å². The number of benzene rings is 1. The fraction of sp³-hybridized carbons (Fsp3) is 0.0714. The van der Waals surface area contributed by atoms with E-state index in [0.29, 0.717) is 5.76 Å². The molecular weight excluding hydrogens is 382 g/mol. The Balaban J connectivity index is 2.05. The number of nitrogens with one attached hydrogen (secondary N) is 3. The molecule has 0 saturated carbocycles. The molecule has 0 atom stereocenters. The van der Waals surface area contributed by atoms with Crippen molar-refractivity contribution in [2.24, 2.45) is 0 Å². The lowest BCUT2D eigenvalue weighted by Crippen LogP contribution is -2.48. The van der Waals surface area contributed by atoms with Crippen LogP contribution in [-0.2, 0) is 0 Å². The van der Waals surface area contributed by atoms with Crippen LogP contribution in [0, 0.1) is 27.2 Å². The van der Waals surface area contributed by atoms with Crippen LogP contribution in [0.25, 0.3) is 0 Å². The van der Waals surface area contributed by atoms with E-state index in [4.69, 9.17) is 16.6 Å². The quantitative estimate of drug-likeness (QED) is 0.394. The van der Waals surface area contributed by atoms with Gasteiger partial charge in [0.05, 0.1) is 33.3 Å². The second-order valence-electron chi connectivity index (χ2n) is 5.01. The first kappa shape index (κ1) is 19.5. The summed E-state index contributed by atoms with van der Waals surface area (Å²) < 4.78 is 4.97. The second-order valence-corrected chi connectivity index (χ2v) is 5.41. The lowest BCUT2D eigenvalue weighted by molar-refractivity contribution is -0.394. The lowest BCUT2D eigenvalue weighted by atomic mass is 10.1. The van der Waals surface area contributed by atoms with Crippen LogP contribution in [0.2, 0.25) is 0 Å². The summed E-state index contributed by atoms with van der Waals surface area (Å²) in [7, 11) is 0. The number of nitrogens with zero attached hydrogens (tertiary/aromatic N) is 2. The van der Waals surface area contributed by atoms with E-state index < -0.39 is 33.0 Å². The fourth-order valence-electron chi connectivity index (χ4n) is 1.94. The van der Waals surface area contributed by atoms with Crippen molar-refractivity contribution in [3.8, 4) is 0 Å². The Bertz CT molecular complexity index is 923. The molecular formula is C14H11N5O7S. The Morgan fingerprint density at radius 2 is 1.63 bits per heavy atom. The summed E-state index contributed by atoms with van der Waals surface area (Å²) in [6.45, 7) is 1.57. The maximum Gasteiger partial charge on any atom is 0.277 e. The number of amides is 2. The molecule has 1 aromatic heterocycles. The van der Waals surface area contributed by atoms with Crippen LogP contribution >= 0.6 is 12.2 Å². The van der Waals surface area contributed by atoms with Gasteiger partial charge in [0.25, 0.3) is 23.2 Å². The van der Waals surface area contributed by atoms with Gasteiger partial charge in [0.1, 0.15) is 5.76 Å². The van der Waals surface area contributed by atoms with Gasteiger partial charge in [-0.3, -0.25) is 46.0 Å². The molecule has 140 valence electrons. The Morgan fingerprint density at radius 1 is 1.04 bits per heavy atom. The van der Waals surface area contributed by atoms with Gasteiger partial charge in [-0.1, -0.05) is 0 Å². The highest BCUT2D eigenvalue weighted by Crippen LogP contribution is 2.22. The van der Waals surface area contributed by atoms with E-state index in [2.05, 4.69) is 16.2 Å². The van der Waals surface area contributed by atoms with E-state index in [1.54, 1.807) is 6.92 Å². The molecule has 0 bridgehead atoms. The van der Waals surface area contributed by atoms with Crippen molar-refractivity contribution in [1.29, 1.82) is 0 Å². The zero-order valence-corrected chi connectivity index (χ0v) is 14.4. The summed E-state index contributed by atoms with van der Waals surface area (Å²) in [5.74, 6) is -1.15. The van der Waals surface area contributed by atoms with Crippen LogP contribution in [0.3, 0.4) is 0 Å². The third-order valence-electron chi connectivity index (χ3n) is 3.21. The summed E-state index contributed by atoms with van der Waals surface area (Å²) >= 11 is 4.83. The van der Waals surface area contributed by atoms with Gasteiger partial charge in [0.15, 0.2) is 5.11 Å². The molecule has 0 aliphatic carbocycles. The van der Waals surface area contributed by atoms with Gasteiger partial charge in [-0.25, -0.2) is 0 Å². The monoisotopic (exact) mass is 393 g/mol. The number of hydrogen-bond acceptors (Lipinski definition) is 8. The molecule has 2 amide bonds. The lowest BCUT2D eigenvalue weighted by Gasteiger charge is -2.10. The van der Waals surface area contributed by atoms with Crippen molar-refractivity contribution in [2.75, 3.05) is 0 Å². The van der Waals surface area contributed by atoms with E-state index in [1.807, 2.05) is 0 Å². The van der Waals surface area contributed by atoms with Gasteiger partial charge < -0.3 is 4.42 Å². The van der Waals surface area contributed by atoms with E-state index in [0.717, 1.165) is 18.2 Å². The summed E-state index contributed by atoms with van der Waals surface area (Å²) in [5.41, 5.74) is 3.12. The number of aryl methyl sites for hydroxylation is 1. The molecule has 27 heavy (non-hydrogen) atoms. The standard InChI is InChI=1S/C14H11N5O7S/c1-7-11(2-3-26-7)13(21)16-17-14(27)15-12(20)8-4-9(18(22)23)6-10(5-8)19(24)25/h2-6H,1H3,(H,16,21)(H2,15,17,20,27).